The van der Waals surface area contributed by atoms with Crippen molar-refractivity contribution < 1.29 is 12.8 Å². The molecule has 0 spiro atoms. The van der Waals surface area contributed by atoms with E-state index in [9.17, 15) is 12.8 Å². The zero-order valence-electron chi connectivity index (χ0n) is 14.2. The maximum Gasteiger partial charge on any atom is 0.208 e. The van der Waals surface area contributed by atoms with Gasteiger partial charge in [-0.3, -0.25) is 0 Å². The number of halogens is 2. The predicted octanol–water partition coefficient (Wildman–Crippen LogP) is 5.27. The van der Waals surface area contributed by atoms with Gasteiger partial charge in [-0.1, -0.05) is 29.8 Å². The van der Waals surface area contributed by atoms with Gasteiger partial charge < -0.3 is 4.98 Å². The molecule has 0 fully saturated rings. The highest BCUT2D eigenvalue weighted by atomic mass is 79.9. The van der Waals surface area contributed by atoms with Crippen molar-refractivity contribution in [3.05, 3.63) is 76.8 Å². The zero-order valence-corrected chi connectivity index (χ0v) is 16.6. The first-order valence-electron chi connectivity index (χ1n) is 8.11. The molecule has 27 heavy (non-hydrogen) atoms. The highest BCUT2D eigenvalue weighted by Crippen LogP contribution is 2.38. The summed E-state index contributed by atoms with van der Waals surface area (Å²) in [5, 5.41) is 0.469. The second kappa shape index (κ2) is 6.58. The molecule has 0 atom stereocenters. The summed E-state index contributed by atoms with van der Waals surface area (Å²) < 4.78 is 40.4. The van der Waals surface area contributed by atoms with Crippen LogP contribution in [0.3, 0.4) is 0 Å². The van der Waals surface area contributed by atoms with Crippen LogP contribution >= 0.6 is 15.9 Å². The molecule has 0 amide bonds. The third-order valence-corrected chi connectivity index (χ3v) is 7.08. The Bertz CT molecular complexity index is 1250. The van der Waals surface area contributed by atoms with Crippen LogP contribution < -0.4 is 0 Å². The summed E-state index contributed by atoms with van der Waals surface area (Å²) in [6.07, 6.45) is 3.15. The number of aryl methyl sites for hydroxylation is 1. The molecule has 0 bridgehead atoms. The second-order valence-corrected chi connectivity index (χ2v) is 8.93. The standard InChI is InChI=1S/C20H14BrFN2O2S/c1-12-2-8-15(9-3-12)27(25,26)19-17(21)11-24-20-18(19)16(10-23-20)13-4-6-14(22)7-5-13/h2-11H,1H3,(H,23,24). The largest absolute Gasteiger partial charge is 0.345 e. The van der Waals surface area contributed by atoms with Gasteiger partial charge in [-0.15, -0.1) is 0 Å². The third kappa shape index (κ3) is 3.07. The quantitative estimate of drug-likeness (QED) is 0.467. The van der Waals surface area contributed by atoms with Crippen molar-refractivity contribution in [2.45, 2.75) is 16.7 Å². The molecule has 0 radical (unpaired) electrons. The predicted molar refractivity (Wildman–Crippen MR) is 106 cm³/mol. The Labute approximate surface area is 164 Å². The second-order valence-electron chi connectivity index (χ2n) is 6.18. The fraction of sp³-hybridized carbons (Fsp3) is 0.0500. The molecule has 0 saturated heterocycles. The number of rotatable bonds is 3. The van der Waals surface area contributed by atoms with Gasteiger partial charge in [-0.25, -0.2) is 17.8 Å². The van der Waals surface area contributed by atoms with Crippen molar-refractivity contribution in [3.63, 3.8) is 0 Å². The van der Waals surface area contributed by atoms with E-state index in [1.807, 2.05) is 6.92 Å². The van der Waals surface area contributed by atoms with Crippen LogP contribution in [0, 0.1) is 12.7 Å². The van der Waals surface area contributed by atoms with Gasteiger partial charge in [0.15, 0.2) is 0 Å². The summed E-state index contributed by atoms with van der Waals surface area (Å²) >= 11 is 3.35. The normalized spacial score (nSPS) is 11.8. The van der Waals surface area contributed by atoms with Crippen LogP contribution in [-0.2, 0) is 9.84 Å². The van der Waals surface area contributed by atoms with E-state index in [4.69, 9.17) is 0 Å². The number of aromatic nitrogens is 2. The minimum Gasteiger partial charge on any atom is -0.345 e. The maximum atomic E-state index is 13.4. The maximum absolute atomic E-state index is 13.4. The monoisotopic (exact) mass is 444 g/mol. The summed E-state index contributed by atoms with van der Waals surface area (Å²) in [6, 6.07) is 12.6. The first-order valence-corrected chi connectivity index (χ1v) is 10.4. The summed E-state index contributed by atoms with van der Waals surface area (Å²) in [5.41, 5.74) is 2.76. The smallest absolute Gasteiger partial charge is 0.208 e. The number of aromatic amines is 1. The van der Waals surface area contributed by atoms with E-state index >= 15 is 0 Å². The number of nitrogens with one attached hydrogen (secondary N) is 1. The summed E-state index contributed by atoms with van der Waals surface area (Å²) in [4.78, 5) is 7.63. The van der Waals surface area contributed by atoms with Crippen LogP contribution in [-0.4, -0.2) is 18.4 Å². The Morgan fingerprint density at radius 2 is 1.70 bits per heavy atom. The molecular weight excluding hydrogens is 431 g/mol. The van der Waals surface area contributed by atoms with Crippen molar-refractivity contribution in [1.82, 2.24) is 9.97 Å². The Morgan fingerprint density at radius 3 is 2.37 bits per heavy atom. The first kappa shape index (κ1) is 17.9. The van der Waals surface area contributed by atoms with Crippen molar-refractivity contribution >= 4 is 36.8 Å². The third-order valence-electron chi connectivity index (χ3n) is 4.37. The van der Waals surface area contributed by atoms with Crippen molar-refractivity contribution in [1.29, 1.82) is 0 Å². The number of H-pyrrole nitrogens is 1. The van der Waals surface area contributed by atoms with Crippen LogP contribution in [0.15, 0.2) is 75.2 Å². The molecule has 4 rings (SSSR count). The van der Waals surface area contributed by atoms with E-state index in [-0.39, 0.29) is 15.6 Å². The van der Waals surface area contributed by atoms with Crippen LogP contribution in [0.5, 0.6) is 0 Å². The molecule has 4 aromatic rings. The molecule has 136 valence electrons. The van der Waals surface area contributed by atoms with Gasteiger partial charge in [0.2, 0.25) is 9.84 Å². The minimum absolute atomic E-state index is 0.136. The molecule has 0 aliphatic rings. The average Bonchev–Trinajstić information content (AvgIpc) is 3.06. The van der Waals surface area contributed by atoms with Gasteiger partial charge in [0.05, 0.1) is 14.3 Å². The van der Waals surface area contributed by atoms with Crippen LogP contribution in [0.25, 0.3) is 22.2 Å². The Balaban J connectivity index is 2.03. The van der Waals surface area contributed by atoms with Crippen LogP contribution in [0.4, 0.5) is 4.39 Å². The number of hydrogen-bond acceptors (Lipinski definition) is 3. The van der Waals surface area contributed by atoms with Gasteiger partial charge in [0.25, 0.3) is 0 Å². The molecule has 4 nitrogen and oxygen atoms in total. The summed E-state index contributed by atoms with van der Waals surface area (Å²) in [7, 11) is -3.80. The lowest BCUT2D eigenvalue weighted by atomic mass is 10.1. The fourth-order valence-electron chi connectivity index (χ4n) is 3.00. The number of nitrogens with zero attached hydrogens (tertiary/aromatic N) is 1. The number of benzene rings is 2. The molecule has 0 aliphatic carbocycles. The van der Waals surface area contributed by atoms with Gasteiger partial charge in [0.1, 0.15) is 11.5 Å². The van der Waals surface area contributed by atoms with E-state index in [0.717, 1.165) is 5.56 Å². The Morgan fingerprint density at radius 1 is 1.04 bits per heavy atom. The number of sulfone groups is 1. The molecule has 0 saturated carbocycles. The van der Waals surface area contributed by atoms with E-state index in [2.05, 4.69) is 25.9 Å². The van der Waals surface area contributed by atoms with Gasteiger partial charge >= 0.3 is 0 Å². The number of fused-ring (bicyclic) bond motifs is 1. The van der Waals surface area contributed by atoms with Gasteiger partial charge in [-0.2, -0.15) is 0 Å². The van der Waals surface area contributed by atoms with E-state index in [1.165, 1.54) is 18.3 Å². The molecule has 0 aliphatic heterocycles. The molecule has 2 aromatic heterocycles. The minimum atomic E-state index is -3.80. The lowest BCUT2D eigenvalue weighted by Gasteiger charge is -2.10. The topological polar surface area (TPSA) is 62.8 Å². The zero-order chi connectivity index (χ0) is 19.2. The Hall–Kier alpha value is -2.51. The number of hydrogen-bond donors (Lipinski definition) is 1. The molecule has 0 unspecified atom stereocenters. The van der Waals surface area contributed by atoms with E-state index in [0.29, 0.717) is 26.6 Å². The number of pyridine rings is 1. The van der Waals surface area contributed by atoms with Gasteiger partial charge in [0, 0.05) is 23.3 Å². The molecular formula is C20H14BrFN2O2S. The van der Waals surface area contributed by atoms with Crippen LogP contribution in [0.1, 0.15) is 5.56 Å². The first-order chi connectivity index (χ1) is 12.9. The lowest BCUT2D eigenvalue weighted by Crippen LogP contribution is -2.05. The molecule has 2 heterocycles. The van der Waals surface area contributed by atoms with Crippen molar-refractivity contribution in [2.75, 3.05) is 0 Å². The van der Waals surface area contributed by atoms with Crippen LogP contribution in [0.2, 0.25) is 0 Å². The SMILES string of the molecule is Cc1ccc(S(=O)(=O)c2c(Br)cnc3[nH]cc(-c4ccc(F)cc4)c23)cc1. The van der Waals surface area contributed by atoms with E-state index < -0.39 is 9.84 Å². The molecule has 2 aromatic carbocycles. The summed E-state index contributed by atoms with van der Waals surface area (Å²) in [5.74, 6) is -0.356. The average molecular weight is 445 g/mol. The fourth-order valence-corrected chi connectivity index (χ4v) is 5.45. The molecule has 7 heteroatoms. The lowest BCUT2D eigenvalue weighted by molar-refractivity contribution is 0.596. The van der Waals surface area contributed by atoms with Crippen molar-refractivity contribution in [3.8, 4) is 11.1 Å². The Kier molecular flexibility index (Phi) is 4.36. The highest BCUT2D eigenvalue weighted by Gasteiger charge is 2.26. The van der Waals surface area contributed by atoms with Gasteiger partial charge in [-0.05, 0) is 52.7 Å². The summed E-state index contributed by atoms with van der Waals surface area (Å²) in [6.45, 7) is 1.90. The highest BCUT2D eigenvalue weighted by molar-refractivity contribution is 9.10. The van der Waals surface area contributed by atoms with Crippen molar-refractivity contribution in [2.24, 2.45) is 0 Å². The molecule has 1 N–H and O–H groups in total. The van der Waals surface area contributed by atoms with E-state index in [1.54, 1.807) is 42.6 Å².